The molecule has 2 aliphatic heterocycles. The second-order valence-electron chi connectivity index (χ2n) is 6.16. The molecule has 120 valence electrons. The number of hydrogen-bond acceptors (Lipinski definition) is 3. The number of nitrogens with zero attached hydrogens (tertiary/aromatic N) is 1. The van der Waals surface area contributed by atoms with Gasteiger partial charge in [0.2, 0.25) is 10.0 Å². The summed E-state index contributed by atoms with van der Waals surface area (Å²) in [4.78, 5) is 0.365. The highest BCUT2D eigenvalue weighted by Gasteiger charge is 2.44. The van der Waals surface area contributed by atoms with Crippen molar-refractivity contribution in [3.05, 3.63) is 65.7 Å². The number of rotatable bonds is 2. The Kier molecular flexibility index (Phi) is 3.52. The molecule has 0 radical (unpaired) electrons. The van der Waals surface area contributed by atoms with E-state index in [2.05, 4.69) is 12.1 Å². The average Bonchev–Trinajstić information content (AvgIpc) is 2.95. The zero-order valence-electron chi connectivity index (χ0n) is 12.8. The molecular formula is C18H19NO3S. The fourth-order valence-electron chi connectivity index (χ4n) is 3.63. The summed E-state index contributed by atoms with van der Waals surface area (Å²) < 4.78 is 33.1. The number of fused-ring (bicyclic) bond motifs is 2. The molecule has 0 aliphatic carbocycles. The van der Waals surface area contributed by atoms with Gasteiger partial charge in [0, 0.05) is 13.1 Å². The molecular weight excluding hydrogens is 310 g/mol. The van der Waals surface area contributed by atoms with Gasteiger partial charge in [0.25, 0.3) is 0 Å². The van der Waals surface area contributed by atoms with Gasteiger partial charge in [0.1, 0.15) is 0 Å². The first-order valence-electron chi connectivity index (χ1n) is 7.89. The zero-order chi connectivity index (χ0) is 15.9. The van der Waals surface area contributed by atoms with Crippen molar-refractivity contribution in [2.45, 2.75) is 29.9 Å². The van der Waals surface area contributed by atoms with Gasteiger partial charge in [-0.05, 0) is 36.1 Å². The Morgan fingerprint density at radius 3 is 2.30 bits per heavy atom. The summed E-state index contributed by atoms with van der Waals surface area (Å²) in [5.41, 5.74) is 2.16. The predicted molar refractivity (Wildman–Crippen MR) is 87.3 cm³/mol. The zero-order valence-corrected chi connectivity index (χ0v) is 13.6. The molecule has 1 saturated heterocycles. The van der Waals surface area contributed by atoms with Crippen LogP contribution in [0.4, 0.5) is 0 Å². The topological polar surface area (TPSA) is 46.6 Å². The van der Waals surface area contributed by atoms with Crippen molar-refractivity contribution >= 4 is 10.0 Å². The Morgan fingerprint density at radius 2 is 1.57 bits per heavy atom. The van der Waals surface area contributed by atoms with Gasteiger partial charge in [0.05, 0.1) is 17.1 Å². The molecule has 4 rings (SSSR count). The van der Waals surface area contributed by atoms with E-state index in [0.29, 0.717) is 37.4 Å². The first-order valence-corrected chi connectivity index (χ1v) is 9.33. The highest BCUT2D eigenvalue weighted by Crippen LogP contribution is 2.44. The van der Waals surface area contributed by atoms with Gasteiger partial charge in [-0.2, -0.15) is 4.31 Å². The molecule has 0 N–H and O–H groups in total. The maximum Gasteiger partial charge on any atom is 0.243 e. The highest BCUT2D eigenvalue weighted by atomic mass is 32.2. The van der Waals surface area contributed by atoms with Crippen LogP contribution in [-0.2, 0) is 27.0 Å². The largest absolute Gasteiger partial charge is 0.365 e. The third-order valence-corrected chi connectivity index (χ3v) is 6.84. The molecule has 1 fully saturated rings. The molecule has 1 spiro atoms. The van der Waals surface area contributed by atoms with Gasteiger partial charge >= 0.3 is 0 Å². The van der Waals surface area contributed by atoms with Crippen molar-refractivity contribution in [1.29, 1.82) is 0 Å². The van der Waals surface area contributed by atoms with Gasteiger partial charge in [-0.1, -0.05) is 42.5 Å². The van der Waals surface area contributed by atoms with Crippen LogP contribution in [0.15, 0.2) is 59.5 Å². The molecule has 4 nitrogen and oxygen atoms in total. The van der Waals surface area contributed by atoms with Crippen LogP contribution in [0.1, 0.15) is 24.0 Å². The molecule has 2 heterocycles. The van der Waals surface area contributed by atoms with E-state index in [9.17, 15) is 8.42 Å². The fourth-order valence-corrected chi connectivity index (χ4v) is 5.09. The molecule has 0 saturated carbocycles. The van der Waals surface area contributed by atoms with Crippen molar-refractivity contribution < 1.29 is 13.2 Å². The number of ether oxygens (including phenoxy) is 1. The molecule has 5 heteroatoms. The lowest BCUT2D eigenvalue weighted by Crippen LogP contribution is -2.45. The SMILES string of the molecule is O=S(=O)(c1ccccc1)N1CCC2(CC1)OCc1ccccc12. The highest BCUT2D eigenvalue weighted by molar-refractivity contribution is 7.89. The van der Waals surface area contributed by atoms with Crippen LogP contribution in [0.3, 0.4) is 0 Å². The van der Waals surface area contributed by atoms with Crippen LogP contribution in [0.2, 0.25) is 0 Å². The second kappa shape index (κ2) is 5.44. The molecule has 0 amide bonds. The summed E-state index contributed by atoms with van der Waals surface area (Å²) in [5, 5.41) is 0. The lowest BCUT2D eigenvalue weighted by Gasteiger charge is -2.38. The summed E-state index contributed by atoms with van der Waals surface area (Å²) in [6.45, 7) is 1.61. The Labute approximate surface area is 136 Å². The first kappa shape index (κ1) is 14.9. The van der Waals surface area contributed by atoms with E-state index < -0.39 is 10.0 Å². The Bertz CT molecular complexity index is 809. The van der Waals surface area contributed by atoms with E-state index in [1.807, 2.05) is 18.2 Å². The Balaban J connectivity index is 1.57. The van der Waals surface area contributed by atoms with E-state index in [1.54, 1.807) is 28.6 Å². The van der Waals surface area contributed by atoms with Gasteiger partial charge in [-0.3, -0.25) is 0 Å². The van der Waals surface area contributed by atoms with E-state index in [1.165, 1.54) is 11.1 Å². The fraction of sp³-hybridized carbons (Fsp3) is 0.333. The van der Waals surface area contributed by atoms with E-state index >= 15 is 0 Å². The first-order chi connectivity index (χ1) is 11.1. The number of piperidine rings is 1. The minimum atomic E-state index is -3.41. The van der Waals surface area contributed by atoms with Crippen molar-refractivity contribution in [2.75, 3.05) is 13.1 Å². The maximum absolute atomic E-state index is 12.7. The maximum atomic E-state index is 12.7. The van der Waals surface area contributed by atoms with E-state index in [0.717, 1.165) is 0 Å². The molecule has 2 aromatic rings. The molecule has 0 atom stereocenters. The number of benzene rings is 2. The van der Waals surface area contributed by atoms with Crippen molar-refractivity contribution in [3.8, 4) is 0 Å². The molecule has 23 heavy (non-hydrogen) atoms. The van der Waals surface area contributed by atoms with Crippen LogP contribution in [0.25, 0.3) is 0 Å². The third kappa shape index (κ3) is 2.40. The second-order valence-corrected chi connectivity index (χ2v) is 8.10. The summed E-state index contributed by atoms with van der Waals surface area (Å²) in [6.07, 6.45) is 1.41. The van der Waals surface area contributed by atoms with Crippen LogP contribution in [0.5, 0.6) is 0 Å². The van der Waals surface area contributed by atoms with Gasteiger partial charge < -0.3 is 4.74 Å². The number of hydrogen-bond donors (Lipinski definition) is 0. The molecule has 0 bridgehead atoms. The van der Waals surface area contributed by atoms with Crippen molar-refractivity contribution in [2.24, 2.45) is 0 Å². The molecule has 0 unspecified atom stereocenters. The lowest BCUT2D eigenvalue weighted by atomic mass is 9.84. The minimum absolute atomic E-state index is 0.306. The van der Waals surface area contributed by atoms with Crippen LogP contribution in [-0.4, -0.2) is 25.8 Å². The van der Waals surface area contributed by atoms with Gasteiger partial charge in [-0.15, -0.1) is 0 Å². The number of sulfonamides is 1. The van der Waals surface area contributed by atoms with Gasteiger partial charge in [-0.25, -0.2) is 8.42 Å². The van der Waals surface area contributed by atoms with E-state index in [-0.39, 0.29) is 5.60 Å². The summed E-state index contributed by atoms with van der Waals surface area (Å²) in [5.74, 6) is 0. The minimum Gasteiger partial charge on any atom is -0.365 e. The lowest BCUT2D eigenvalue weighted by molar-refractivity contribution is -0.0689. The predicted octanol–water partition coefficient (Wildman–Crippen LogP) is 2.90. The van der Waals surface area contributed by atoms with Crippen molar-refractivity contribution in [1.82, 2.24) is 4.31 Å². The van der Waals surface area contributed by atoms with Crippen LogP contribution < -0.4 is 0 Å². The summed E-state index contributed by atoms with van der Waals surface area (Å²) >= 11 is 0. The smallest absolute Gasteiger partial charge is 0.243 e. The van der Waals surface area contributed by atoms with Crippen LogP contribution >= 0.6 is 0 Å². The Morgan fingerprint density at radius 1 is 0.913 bits per heavy atom. The molecule has 0 aromatic heterocycles. The quantitative estimate of drug-likeness (QED) is 0.851. The summed E-state index contributed by atoms with van der Waals surface area (Å²) in [7, 11) is -3.41. The third-order valence-electron chi connectivity index (χ3n) is 4.92. The normalized spacial score (nSPS) is 20.5. The molecule has 2 aromatic carbocycles. The van der Waals surface area contributed by atoms with E-state index in [4.69, 9.17) is 4.74 Å². The van der Waals surface area contributed by atoms with Gasteiger partial charge in [0.15, 0.2) is 0 Å². The van der Waals surface area contributed by atoms with Crippen molar-refractivity contribution in [3.63, 3.8) is 0 Å². The molecule has 2 aliphatic rings. The Hall–Kier alpha value is -1.69. The monoisotopic (exact) mass is 329 g/mol. The summed E-state index contributed by atoms with van der Waals surface area (Å²) in [6, 6.07) is 16.9. The average molecular weight is 329 g/mol. The standard InChI is InChI=1S/C18H19NO3S/c20-23(21,16-7-2-1-3-8-16)19-12-10-18(11-13-19)17-9-5-4-6-15(17)14-22-18/h1-9H,10-14H2. The van der Waals surface area contributed by atoms with Crippen LogP contribution in [0, 0.1) is 0 Å².